The smallest absolute Gasteiger partial charge is 0.226 e. The zero-order chi connectivity index (χ0) is 15.9. The van der Waals surface area contributed by atoms with Crippen LogP contribution in [0.2, 0.25) is 0 Å². The molecule has 1 aliphatic rings. The molecule has 1 unspecified atom stereocenters. The lowest BCUT2D eigenvalue weighted by Crippen LogP contribution is -2.35. The van der Waals surface area contributed by atoms with Crippen LogP contribution in [0.1, 0.15) is 63.5 Å². The van der Waals surface area contributed by atoms with E-state index in [1.165, 1.54) is 24.0 Å². The summed E-state index contributed by atoms with van der Waals surface area (Å²) in [5, 5.41) is 0. The Balaban J connectivity index is 2.08. The van der Waals surface area contributed by atoms with Crippen molar-refractivity contribution in [1.29, 1.82) is 0 Å². The van der Waals surface area contributed by atoms with Crippen molar-refractivity contribution in [2.45, 2.75) is 71.3 Å². The maximum absolute atomic E-state index is 12.2. The number of amides is 1. The van der Waals surface area contributed by atoms with E-state index in [2.05, 4.69) is 32.0 Å². The van der Waals surface area contributed by atoms with Crippen LogP contribution < -0.4 is 10.6 Å². The van der Waals surface area contributed by atoms with E-state index in [4.69, 9.17) is 5.73 Å². The van der Waals surface area contributed by atoms with Crippen molar-refractivity contribution in [2.75, 3.05) is 11.4 Å². The zero-order valence-corrected chi connectivity index (χ0v) is 14.1. The Kier molecular flexibility index (Phi) is 6.44. The second-order valence-electron chi connectivity index (χ2n) is 6.47. The molecule has 1 aromatic rings. The predicted molar refractivity (Wildman–Crippen MR) is 93.2 cm³/mol. The van der Waals surface area contributed by atoms with Gasteiger partial charge in [0.15, 0.2) is 0 Å². The highest BCUT2D eigenvalue weighted by atomic mass is 16.2. The van der Waals surface area contributed by atoms with Crippen molar-refractivity contribution < 1.29 is 4.79 Å². The van der Waals surface area contributed by atoms with Gasteiger partial charge in [0.2, 0.25) is 5.91 Å². The standard InChI is InChI=1S/C19H30N2O/c1-3-5-9-17(20)14-15-10-11-18-16(13-15)8-6-12-21(18)19(22)7-4-2/h10-11,13,17H,3-9,12,14,20H2,1-2H3. The first-order chi connectivity index (χ1) is 10.7. The number of unbranched alkanes of at least 4 members (excludes halogenated alkanes) is 1. The van der Waals surface area contributed by atoms with E-state index in [0.717, 1.165) is 44.3 Å². The van der Waals surface area contributed by atoms with Crippen LogP contribution in [-0.4, -0.2) is 18.5 Å². The highest BCUT2D eigenvalue weighted by Gasteiger charge is 2.22. The zero-order valence-electron chi connectivity index (χ0n) is 14.1. The molecule has 122 valence electrons. The van der Waals surface area contributed by atoms with Crippen LogP contribution in [0.5, 0.6) is 0 Å². The fourth-order valence-electron chi connectivity index (χ4n) is 3.26. The van der Waals surface area contributed by atoms with Gasteiger partial charge in [0.05, 0.1) is 0 Å². The van der Waals surface area contributed by atoms with Crippen LogP contribution in [-0.2, 0) is 17.6 Å². The van der Waals surface area contributed by atoms with Gasteiger partial charge in [0.25, 0.3) is 0 Å². The fourth-order valence-corrected chi connectivity index (χ4v) is 3.26. The molecule has 0 saturated carbocycles. The summed E-state index contributed by atoms with van der Waals surface area (Å²) in [5.74, 6) is 0.260. The van der Waals surface area contributed by atoms with Crippen LogP contribution in [0, 0.1) is 0 Å². The van der Waals surface area contributed by atoms with E-state index >= 15 is 0 Å². The van der Waals surface area contributed by atoms with E-state index in [9.17, 15) is 4.79 Å². The molecule has 2 rings (SSSR count). The molecule has 0 spiro atoms. The average molecular weight is 302 g/mol. The van der Waals surface area contributed by atoms with Gasteiger partial charge < -0.3 is 10.6 Å². The van der Waals surface area contributed by atoms with Crippen molar-refractivity contribution in [1.82, 2.24) is 0 Å². The largest absolute Gasteiger partial charge is 0.327 e. The molecule has 0 radical (unpaired) electrons. The number of fused-ring (bicyclic) bond motifs is 1. The van der Waals surface area contributed by atoms with Gasteiger partial charge in [-0.2, -0.15) is 0 Å². The first-order valence-electron chi connectivity index (χ1n) is 8.83. The molecule has 0 aromatic heterocycles. The van der Waals surface area contributed by atoms with Crippen LogP contribution in [0.25, 0.3) is 0 Å². The minimum absolute atomic E-state index is 0.249. The first-order valence-corrected chi connectivity index (χ1v) is 8.83. The van der Waals surface area contributed by atoms with Crippen molar-refractivity contribution in [2.24, 2.45) is 5.73 Å². The summed E-state index contributed by atoms with van der Waals surface area (Å²) in [6, 6.07) is 6.80. The molecule has 2 N–H and O–H groups in total. The van der Waals surface area contributed by atoms with E-state index < -0.39 is 0 Å². The minimum atomic E-state index is 0.249. The Bertz CT molecular complexity index is 498. The third-order valence-corrected chi connectivity index (χ3v) is 4.45. The van der Waals surface area contributed by atoms with Gasteiger partial charge in [-0.25, -0.2) is 0 Å². The summed E-state index contributed by atoms with van der Waals surface area (Å²) in [7, 11) is 0. The third-order valence-electron chi connectivity index (χ3n) is 4.45. The Hall–Kier alpha value is -1.35. The molecule has 1 amide bonds. The Morgan fingerprint density at radius 2 is 2.14 bits per heavy atom. The molecular weight excluding hydrogens is 272 g/mol. The predicted octanol–water partition coefficient (Wildman–Crippen LogP) is 3.83. The van der Waals surface area contributed by atoms with E-state index in [1.807, 2.05) is 4.90 Å². The molecule has 1 aromatic carbocycles. The lowest BCUT2D eigenvalue weighted by Gasteiger charge is -2.30. The molecule has 3 heteroatoms. The SMILES string of the molecule is CCCCC(N)Cc1ccc2c(c1)CCCN2C(=O)CCC. The highest BCUT2D eigenvalue weighted by Crippen LogP contribution is 2.29. The van der Waals surface area contributed by atoms with Crippen LogP contribution in [0.3, 0.4) is 0 Å². The number of aryl methyl sites for hydroxylation is 1. The average Bonchev–Trinajstić information content (AvgIpc) is 2.52. The topological polar surface area (TPSA) is 46.3 Å². The summed E-state index contributed by atoms with van der Waals surface area (Å²) in [4.78, 5) is 14.2. The van der Waals surface area contributed by atoms with E-state index in [-0.39, 0.29) is 11.9 Å². The number of hydrogen-bond acceptors (Lipinski definition) is 2. The normalized spacial score (nSPS) is 15.5. The number of rotatable bonds is 7. The quantitative estimate of drug-likeness (QED) is 0.832. The third kappa shape index (κ3) is 4.33. The van der Waals surface area contributed by atoms with Gasteiger partial charge in [0.1, 0.15) is 0 Å². The molecule has 1 aliphatic heterocycles. The summed E-state index contributed by atoms with van der Waals surface area (Å²) >= 11 is 0. The van der Waals surface area contributed by atoms with Gasteiger partial charge in [-0.15, -0.1) is 0 Å². The van der Waals surface area contributed by atoms with Gasteiger partial charge in [-0.3, -0.25) is 4.79 Å². The van der Waals surface area contributed by atoms with Gasteiger partial charge in [-0.05, 0) is 49.3 Å². The molecule has 3 nitrogen and oxygen atoms in total. The maximum atomic E-state index is 12.2. The van der Waals surface area contributed by atoms with Crippen LogP contribution in [0.15, 0.2) is 18.2 Å². The van der Waals surface area contributed by atoms with Gasteiger partial charge >= 0.3 is 0 Å². The highest BCUT2D eigenvalue weighted by molar-refractivity contribution is 5.94. The van der Waals surface area contributed by atoms with Gasteiger partial charge in [0, 0.05) is 24.7 Å². The summed E-state index contributed by atoms with van der Waals surface area (Å²) in [6.45, 7) is 5.12. The molecule has 0 saturated heterocycles. The Labute approximate surface area is 134 Å². The number of anilines is 1. The second-order valence-corrected chi connectivity index (χ2v) is 6.47. The van der Waals surface area contributed by atoms with Crippen molar-refractivity contribution in [3.05, 3.63) is 29.3 Å². The second kappa shape index (κ2) is 8.33. The van der Waals surface area contributed by atoms with Crippen LogP contribution in [0.4, 0.5) is 5.69 Å². The molecule has 0 aliphatic carbocycles. The van der Waals surface area contributed by atoms with E-state index in [0.29, 0.717) is 6.42 Å². The number of carbonyl (C=O) groups is 1. The Morgan fingerprint density at radius 3 is 2.86 bits per heavy atom. The molecule has 1 heterocycles. The summed E-state index contributed by atoms with van der Waals surface area (Å²) in [6.07, 6.45) is 8.12. The summed E-state index contributed by atoms with van der Waals surface area (Å²) < 4.78 is 0. The van der Waals surface area contributed by atoms with Crippen molar-refractivity contribution >= 4 is 11.6 Å². The number of carbonyl (C=O) groups excluding carboxylic acids is 1. The number of hydrogen-bond donors (Lipinski definition) is 1. The molecular formula is C19H30N2O. The van der Waals surface area contributed by atoms with Gasteiger partial charge in [-0.1, -0.05) is 38.8 Å². The summed E-state index contributed by atoms with van der Waals surface area (Å²) in [5.41, 5.74) is 9.97. The van der Waals surface area contributed by atoms with Crippen molar-refractivity contribution in [3.63, 3.8) is 0 Å². The lowest BCUT2D eigenvalue weighted by atomic mass is 9.95. The molecule has 0 bridgehead atoms. The number of nitrogens with zero attached hydrogens (tertiary/aromatic N) is 1. The number of benzene rings is 1. The maximum Gasteiger partial charge on any atom is 0.226 e. The van der Waals surface area contributed by atoms with E-state index in [1.54, 1.807) is 0 Å². The lowest BCUT2D eigenvalue weighted by molar-refractivity contribution is -0.118. The molecule has 1 atom stereocenters. The molecule has 22 heavy (non-hydrogen) atoms. The monoisotopic (exact) mass is 302 g/mol. The number of nitrogens with two attached hydrogens (primary N) is 1. The van der Waals surface area contributed by atoms with Crippen LogP contribution >= 0.6 is 0 Å². The first kappa shape index (κ1) is 17.0. The Morgan fingerprint density at radius 1 is 1.32 bits per heavy atom. The molecule has 0 fully saturated rings. The minimum Gasteiger partial charge on any atom is -0.327 e. The fraction of sp³-hybridized carbons (Fsp3) is 0.632. The van der Waals surface area contributed by atoms with Crippen molar-refractivity contribution in [3.8, 4) is 0 Å².